The Morgan fingerprint density at radius 2 is 1.77 bits per heavy atom. The molecular weight excluding hydrogens is 423 g/mol. The van der Waals surface area contributed by atoms with Gasteiger partial charge in [0, 0.05) is 17.7 Å². The van der Waals surface area contributed by atoms with E-state index in [2.05, 4.69) is 10.5 Å². The number of nitro benzene ring substituents is 2. The van der Waals surface area contributed by atoms with Crippen molar-refractivity contribution in [3.8, 4) is 11.8 Å². The summed E-state index contributed by atoms with van der Waals surface area (Å²) in [6, 6.07) is 7.04. The number of hydrogen-bond acceptors (Lipinski definition) is 8. The lowest BCUT2D eigenvalue weighted by molar-refractivity contribution is -0.392. The lowest BCUT2D eigenvalue weighted by atomic mass is 10.0. The number of halogens is 3. The summed E-state index contributed by atoms with van der Waals surface area (Å²) in [4.78, 5) is 20.2. The van der Waals surface area contributed by atoms with Gasteiger partial charge in [-0.25, -0.2) is 0 Å². The fourth-order valence-electron chi connectivity index (χ4n) is 2.61. The Bertz CT molecular complexity index is 1070. The van der Waals surface area contributed by atoms with Crippen LogP contribution in [0, 0.1) is 31.6 Å². The van der Waals surface area contributed by atoms with Crippen LogP contribution in [-0.4, -0.2) is 22.7 Å². The SMILES string of the molecule is COc1ccc(/C(C)=N/Nc2c([N+](=O)[O-])cc(C(F)(F)F)cc2[N+](=O)[O-])cc1CC#N. The Kier molecular flexibility index (Phi) is 6.75. The molecule has 0 aliphatic carbocycles. The average Bonchev–Trinajstić information content (AvgIpc) is 2.70. The molecule has 0 amide bonds. The lowest BCUT2D eigenvalue weighted by Crippen LogP contribution is -2.10. The molecule has 31 heavy (non-hydrogen) atoms. The minimum atomic E-state index is -5.02. The van der Waals surface area contributed by atoms with E-state index < -0.39 is 38.6 Å². The Hall–Kier alpha value is -4.21. The molecule has 0 atom stereocenters. The van der Waals surface area contributed by atoms with E-state index in [1.807, 2.05) is 6.07 Å². The molecule has 0 aliphatic rings. The van der Waals surface area contributed by atoms with Gasteiger partial charge < -0.3 is 4.74 Å². The number of nitrogens with zero attached hydrogens (tertiary/aromatic N) is 4. The number of nitriles is 1. The maximum atomic E-state index is 13.0. The minimum Gasteiger partial charge on any atom is -0.496 e. The van der Waals surface area contributed by atoms with Gasteiger partial charge in [-0.1, -0.05) is 0 Å². The fraction of sp³-hybridized carbons (Fsp3) is 0.222. The number of benzene rings is 2. The molecule has 10 nitrogen and oxygen atoms in total. The third-order valence-electron chi connectivity index (χ3n) is 4.12. The van der Waals surface area contributed by atoms with Crippen molar-refractivity contribution in [2.45, 2.75) is 19.5 Å². The summed E-state index contributed by atoms with van der Waals surface area (Å²) >= 11 is 0. The summed E-state index contributed by atoms with van der Waals surface area (Å²) in [6.07, 6.45) is -5.00. The second-order valence-electron chi connectivity index (χ2n) is 6.07. The van der Waals surface area contributed by atoms with Crippen molar-refractivity contribution in [2.75, 3.05) is 12.5 Å². The van der Waals surface area contributed by atoms with Gasteiger partial charge in [-0.2, -0.15) is 23.5 Å². The quantitative estimate of drug-likeness (QED) is 0.383. The minimum absolute atomic E-state index is 0.0214. The number of rotatable bonds is 7. The second kappa shape index (κ2) is 9.08. The molecule has 0 aromatic heterocycles. The van der Waals surface area contributed by atoms with Crippen molar-refractivity contribution in [3.05, 3.63) is 67.3 Å². The van der Waals surface area contributed by atoms with Crippen molar-refractivity contribution in [3.63, 3.8) is 0 Å². The molecule has 0 spiro atoms. The van der Waals surface area contributed by atoms with Gasteiger partial charge >= 0.3 is 17.6 Å². The summed E-state index contributed by atoms with van der Waals surface area (Å²) in [6.45, 7) is 1.46. The molecular formula is C18H14F3N5O5. The van der Waals surface area contributed by atoms with Crippen LogP contribution in [0.25, 0.3) is 0 Å². The van der Waals surface area contributed by atoms with Gasteiger partial charge in [0.25, 0.3) is 0 Å². The zero-order valence-corrected chi connectivity index (χ0v) is 16.1. The van der Waals surface area contributed by atoms with Gasteiger partial charge in [0.15, 0.2) is 0 Å². The molecule has 1 N–H and O–H groups in total. The third-order valence-corrected chi connectivity index (χ3v) is 4.12. The summed E-state index contributed by atoms with van der Waals surface area (Å²) in [7, 11) is 1.42. The van der Waals surface area contributed by atoms with E-state index in [0.717, 1.165) is 0 Å². The van der Waals surface area contributed by atoms with Gasteiger partial charge in [-0.15, -0.1) is 0 Å². The molecule has 2 aromatic rings. The molecule has 13 heteroatoms. The predicted molar refractivity (Wildman–Crippen MR) is 103 cm³/mol. The first kappa shape index (κ1) is 23.1. The summed E-state index contributed by atoms with van der Waals surface area (Å²) in [5.74, 6) is 0.445. The Morgan fingerprint density at radius 3 is 2.23 bits per heavy atom. The van der Waals surface area contributed by atoms with E-state index in [4.69, 9.17) is 10.00 Å². The van der Waals surface area contributed by atoms with Gasteiger partial charge in [0.2, 0.25) is 5.69 Å². The number of hydrogen-bond donors (Lipinski definition) is 1. The van der Waals surface area contributed by atoms with E-state index in [1.54, 1.807) is 18.2 Å². The van der Waals surface area contributed by atoms with E-state index in [1.165, 1.54) is 14.0 Å². The first-order chi connectivity index (χ1) is 14.5. The maximum absolute atomic E-state index is 13.0. The first-order valence-electron chi connectivity index (χ1n) is 8.38. The van der Waals surface area contributed by atoms with Crippen LogP contribution in [0.15, 0.2) is 35.4 Å². The molecule has 0 heterocycles. The molecule has 0 aliphatic heterocycles. The zero-order valence-electron chi connectivity index (χ0n) is 16.1. The van der Waals surface area contributed by atoms with Crippen LogP contribution < -0.4 is 10.2 Å². The molecule has 0 saturated heterocycles. The zero-order chi connectivity index (χ0) is 23.3. The number of anilines is 1. The average molecular weight is 437 g/mol. The predicted octanol–water partition coefficient (Wildman–Crippen LogP) is 4.43. The van der Waals surface area contributed by atoms with Crippen LogP contribution in [0.4, 0.5) is 30.2 Å². The molecule has 0 bridgehead atoms. The second-order valence-corrected chi connectivity index (χ2v) is 6.07. The molecule has 162 valence electrons. The highest BCUT2D eigenvalue weighted by Crippen LogP contribution is 2.41. The fourth-order valence-corrected chi connectivity index (χ4v) is 2.61. The van der Waals surface area contributed by atoms with Crippen LogP contribution in [0.1, 0.15) is 23.6 Å². The van der Waals surface area contributed by atoms with Crippen molar-refractivity contribution in [2.24, 2.45) is 5.10 Å². The molecule has 0 fully saturated rings. The summed E-state index contributed by atoms with van der Waals surface area (Å²) in [5.41, 5.74) is -1.31. The van der Waals surface area contributed by atoms with E-state index in [9.17, 15) is 33.4 Å². The Balaban J connectivity index is 2.54. The number of hydrazone groups is 1. The van der Waals surface area contributed by atoms with Crippen LogP contribution in [0.2, 0.25) is 0 Å². The smallest absolute Gasteiger partial charge is 0.416 e. The lowest BCUT2D eigenvalue weighted by Gasteiger charge is -2.11. The van der Waals surface area contributed by atoms with Crippen LogP contribution >= 0.6 is 0 Å². The van der Waals surface area contributed by atoms with E-state index in [0.29, 0.717) is 16.9 Å². The molecule has 2 rings (SSSR count). The van der Waals surface area contributed by atoms with Gasteiger partial charge in [0.1, 0.15) is 5.75 Å². The van der Waals surface area contributed by atoms with Crippen LogP contribution in [0.5, 0.6) is 5.75 Å². The van der Waals surface area contributed by atoms with Crippen LogP contribution in [0.3, 0.4) is 0 Å². The number of nitro groups is 2. The van der Waals surface area contributed by atoms with E-state index >= 15 is 0 Å². The summed E-state index contributed by atoms with van der Waals surface area (Å²) in [5, 5.41) is 35.3. The Labute approximate surface area is 172 Å². The molecule has 0 radical (unpaired) electrons. The number of methoxy groups -OCH3 is 1. The highest BCUT2D eigenvalue weighted by molar-refractivity contribution is 5.99. The highest BCUT2D eigenvalue weighted by Gasteiger charge is 2.37. The molecule has 2 aromatic carbocycles. The molecule has 0 unspecified atom stereocenters. The van der Waals surface area contributed by atoms with E-state index in [-0.39, 0.29) is 24.3 Å². The van der Waals surface area contributed by atoms with Gasteiger partial charge in [0.05, 0.1) is 40.7 Å². The van der Waals surface area contributed by atoms with Gasteiger partial charge in [-0.3, -0.25) is 25.7 Å². The number of ether oxygens (including phenoxy) is 1. The summed E-state index contributed by atoms with van der Waals surface area (Å²) < 4.78 is 44.1. The van der Waals surface area contributed by atoms with Crippen LogP contribution in [-0.2, 0) is 12.6 Å². The van der Waals surface area contributed by atoms with Crippen molar-refractivity contribution >= 4 is 22.8 Å². The molecule has 0 saturated carbocycles. The largest absolute Gasteiger partial charge is 0.496 e. The maximum Gasteiger partial charge on any atom is 0.416 e. The van der Waals surface area contributed by atoms with Crippen molar-refractivity contribution in [1.82, 2.24) is 0 Å². The van der Waals surface area contributed by atoms with Crippen molar-refractivity contribution in [1.29, 1.82) is 5.26 Å². The monoisotopic (exact) mass is 437 g/mol. The van der Waals surface area contributed by atoms with Gasteiger partial charge in [-0.05, 0) is 30.7 Å². The highest BCUT2D eigenvalue weighted by atomic mass is 19.4. The normalized spacial score (nSPS) is 11.5. The van der Waals surface area contributed by atoms with Crippen molar-refractivity contribution < 1.29 is 27.8 Å². The third kappa shape index (κ3) is 5.24. The topological polar surface area (TPSA) is 144 Å². The first-order valence-corrected chi connectivity index (χ1v) is 8.38. The standard InChI is InChI=1S/C18H14F3N5O5/c1-10(11-3-4-16(31-2)12(7-11)5-6-22)23-24-17-14(25(27)28)8-13(18(19,20)21)9-15(17)26(29)30/h3-4,7-9,24H,5H2,1-2H3/b23-10+. The number of nitrogens with one attached hydrogen (secondary N) is 1. The number of alkyl halides is 3. The Morgan fingerprint density at radius 1 is 1.19 bits per heavy atom.